The Labute approximate surface area is 338 Å². The van der Waals surface area contributed by atoms with E-state index in [0.29, 0.717) is 0 Å². The van der Waals surface area contributed by atoms with E-state index in [1.165, 1.54) is 43.7 Å². The average Bonchev–Trinajstić information content (AvgIpc) is 3.94. The van der Waals surface area contributed by atoms with Gasteiger partial charge in [0.25, 0.3) is 5.56 Å². The molecular formula is C55H33N3O. The highest BCUT2D eigenvalue weighted by molar-refractivity contribution is 6.20. The monoisotopic (exact) mass is 751 g/mol. The standard InChI is InChI=1S/C55H33N3O/c59-55-48-33-35(24-27-40(48)44-19-11-20-45-41-16-4-9-23-51(41)58(55)54(44)45)34-12-10-15-39(30-34)57-50-22-8-6-18-43(50)47-32-37(26-29-53(47)57)36-25-28-52-46(31-36)42-17-5-7-21-49(42)56(52)38-13-2-1-3-14-38/h1-33H. The van der Waals surface area contributed by atoms with Gasteiger partial charge in [0.15, 0.2) is 0 Å². The second-order valence-electron chi connectivity index (χ2n) is 15.7. The molecule has 0 aliphatic heterocycles. The molecule has 0 aliphatic carbocycles. The molecule has 0 fully saturated rings. The molecule has 4 heteroatoms. The van der Waals surface area contributed by atoms with Gasteiger partial charge in [0.2, 0.25) is 0 Å². The highest BCUT2D eigenvalue weighted by Gasteiger charge is 2.19. The minimum atomic E-state index is 0.0159. The number of nitrogens with zero attached hydrogens (tertiary/aromatic N) is 3. The van der Waals surface area contributed by atoms with Crippen LogP contribution in [0.4, 0.5) is 0 Å². The molecule has 4 nitrogen and oxygen atoms in total. The summed E-state index contributed by atoms with van der Waals surface area (Å²) < 4.78 is 6.65. The minimum Gasteiger partial charge on any atom is -0.309 e. The Morgan fingerprint density at radius 3 is 1.37 bits per heavy atom. The van der Waals surface area contributed by atoms with E-state index in [4.69, 9.17) is 0 Å². The summed E-state index contributed by atoms with van der Waals surface area (Å²) in [5.74, 6) is 0. The molecule has 0 amide bonds. The van der Waals surface area contributed by atoms with E-state index in [0.717, 1.165) is 71.5 Å². The van der Waals surface area contributed by atoms with Crippen LogP contribution in [0.3, 0.4) is 0 Å². The lowest BCUT2D eigenvalue weighted by molar-refractivity contribution is 1.18. The lowest BCUT2D eigenvalue weighted by atomic mass is 9.99. The van der Waals surface area contributed by atoms with Gasteiger partial charge >= 0.3 is 0 Å². The molecule has 0 unspecified atom stereocenters. The van der Waals surface area contributed by atoms with Crippen LogP contribution in [0, 0.1) is 0 Å². The lowest BCUT2D eigenvalue weighted by Crippen LogP contribution is -2.12. The molecule has 0 atom stereocenters. The second-order valence-corrected chi connectivity index (χ2v) is 15.7. The number of para-hydroxylation sites is 5. The summed E-state index contributed by atoms with van der Waals surface area (Å²) in [6.45, 7) is 0. The zero-order valence-electron chi connectivity index (χ0n) is 31.8. The minimum absolute atomic E-state index is 0.0159. The zero-order valence-corrected chi connectivity index (χ0v) is 31.8. The first kappa shape index (κ1) is 32.2. The fourth-order valence-corrected chi connectivity index (χ4v) is 9.97. The molecule has 0 spiro atoms. The molecule has 0 aliphatic rings. The molecular weight excluding hydrogens is 719 g/mol. The predicted octanol–water partition coefficient (Wildman–Crippen LogP) is 13.7. The largest absolute Gasteiger partial charge is 0.309 e. The molecule has 13 rings (SSSR count). The van der Waals surface area contributed by atoms with Crippen molar-refractivity contribution in [1.82, 2.24) is 13.5 Å². The molecule has 4 heterocycles. The summed E-state index contributed by atoms with van der Waals surface area (Å²) in [6, 6.07) is 71.4. The Morgan fingerprint density at radius 1 is 0.271 bits per heavy atom. The van der Waals surface area contributed by atoms with Crippen molar-refractivity contribution < 1.29 is 0 Å². The van der Waals surface area contributed by atoms with Crippen LogP contribution < -0.4 is 5.56 Å². The van der Waals surface area contributed by atoms with Gasteiger partial charge in [0, 0.05) is 54.5 Å². The number of rotatable bonds is 4. The van der Waals surface area contributed by atoms with Crippen LogP contribution in [-0.2, 0) is 0 Å². The first-order chi connectivity index (χ1) is 29.2. The van der Waals surface area contributed by atoms with Crippen LogP contribution in [0.1, 0.15) is 0 Å². The van der Waals surface area contributed by atoms with Crippen molar-refractivity contribution in [3.63, 3.8) is 0 Å². The Kier molecular flexibility index (Phi) is 6.56. The van der Waals surface area contributed by atoms with E-state index in [2.05, 4.69) is 191 Å². The Balaban J connectivity index is 0.953. The number of fused-ring (bicyclic) bond motifs is 11. The number of hydrogen-bond acceptors (Lipinski definition) is 1. The third-order valence-electron chi connectivity index (χ3n) is 12.6. The number of benzene rings is 9. The SMILES string of the molecule is O=c1c2cc(-c3cccc(-n4c5ccccc5c5cc(-c6ccc7c(c6)c6ccccc6n7-c6ccccc6)ccc54)c3)ccc2c2cccc3c4ccccc4n1c23. The van der Waals surface area contributed by atoms with Crippen molar-refractivity contribution >= 4 is 81.6 Å². The fourth-order valence-electron chi connectivity index (χ4n) is 9.97. The van der Waals surface area contributed by atoms with E-state index in [1.54, 1.807) is 0 Å². The lowest BCUT2D eigenvalue weighted by Gasteiger charge is -2.12. The number of pyridine rings is 1. The Bertz CT molecular complexity index is 3920. The molecule has 0 saturated carbocycles. The van der Waals surface area contributed by atoms with Crippen molar-refractivity contribution in [2.45, 2.75) is 0 Å². The third kappa shape index (κ3) is 4.51. The van der Waals surface area contributed by atoms with Gasteiger partial charge in [-0.25, -0.2) is 0 Å². The van der Waals surface area contributed by atoms with E-state index in [-0.39, 0.29) is 5.56 Å². The van der Waals surface area contributed by atoms with Crippen LogP contribution >= 0.6 is 0 Å². The molecule has 274 valence electrons. The van der Waals surface area contributed by atoms with Gasteiger partial charge in [-0.1, -0.05) is 127 Å². The van der Waals surface area contributed by atoms with Crippen molar-refractivity contribution in [1.29, 1.82) is 0 Å². The maximum atomic E-state index is 14.4. The van der Waals surface area contributed by atoms with Gasteiger partial charge in [-0.2, -0.15) is 0 Å². The van der Waals surface area contributed by atoms with Crippen LogP contribution in [-0.4, -0.2) is 13.5 Å². The van der Waals surface area contributed by atoms with Crippen molar-refractivity contribution in [2.24, 2.45) is 0 Å². The van der Waals surface area contributed by atoms with Crippen LogP contribution in [0.25, 0.3) is 115 Å². The van der Waals surface area contributed by atoms with E-state index in [9.17, 15) is 4.79 Å². The van der Waals surface area contributed by atoms with Gasteiger partial charge in [0.05, 0.1) is 33.1 Å². The predicted molar refractivity (Wildman–Crippen MR) is 247 cm³/mol. The maximum absolute atomic E-state index is 14.4. The number of aromatic nitrogens is 3. The summed E-state index contributed by atoms with van der Waals surface area (Å²) in [4.78, 5) is 14.4. The average molecular weight is 752 g/mol. The van der Waals surface area contributed by atoms with Crippen molar-refractivity contribution in [3.05, 3.63) is 211 Å². The van der Waals surface area contributed by atoms with E-state index in [1.807, 2.05) is 22.6 Å². The van der Waals surface area contributed by atoms with Crippen molar-refractivity contribution in [3.8, 4) is 33.6 Å². The van der Waals surface area contributed by atoms with Crippen LogP contribution in [0.5, 0.6) is 0 Å². The van der Waals surface area contributed by atoms with E-state index < -0.39 is 0 Å². The van der Waals surface area contributed by atoms with Gasteiger partial charge < -0.3 is 9.13 Å². The Hall–Kier alpha value is -7.95. The molecule has 0 radical (unpaired) electrons. The second kappa shape index (κ2) is 12.0. The van der Waals surface area contributed by atoms with Gasteiger partial charge in [-0.3, -0.25) is 9.20 Å². The molecule has 13 aromatic rings. The fraction of sp³-hybridized carbons (Fsp3) is 0. The summed E-state index contributed by atoms with van der Waals surface area (Å²) in [7, 11) is 0. The van der Waals surface area contributed by atoms with Gasteiger partial charge in [0.1, 0.15) is 0 Å². The molecule has 59 heavy (non-hydrogen) atoms. The molecule has 0 saturated heterocycles. The summed E-state index contributed by atoms with van der Waals surface area (Å²) in [5.41, 5.74) is 13.3. The smallest absolute Gasteiger partial charge is 0.263 e. The molecule has 4 aromatic heterocycles. The van der Waals surface area contributed by atoms with Gasteiger partial charge in [-0.05, 0) is 100 Å². The zero-order chi connectivity index (χ0) is 38.8. The summed E-state index contributed by atoms with van der Waals surface area (Å²) >= 11 is 0. The molecule has 0 bridgehead atoms. The highest BCUT2D eigenvalue weighted by Crippen LogP contribution is 2.40. The van der Waals surface area contributed by atoms with Crippen LogP contribution in [0.2, 0.25) is 0 Å². The van der Waals surface area contributed by atoms with Crippen molar-refractivity contribution in [2.75, 3.05) is 0 Å². The summed E-state index contributed by atoms with van der Waals surface area (Å²) in [5, 5.41) is 9.91. The van der Waals surface area contributed by atoms with Gasteiger partial charge in [-0.15, -0.1) is 0 Å². The third-order valence-corrected chi connectivity index (χ3v) is 12.6. The maximum Gasteiger partial charge on any atom is 0.263 e. The van der Waals surface area contributed by atoms with Crippen LogP contribution in [0.15, 0.2) is 205 Å². The summed E-state index contributed by atoms with van der Waals surface area (Å²) in [6.07, 6.45) is 0. The first-order valence-electron chi connectivity index (χ1n) is 20.1. The quantitative estimate of drug-likeness (QED) is 0.165. The first-order valence-corrected chi connectivity index (χ1v) is 20.1. The highest BCUT2D eigenvalue weighted by atomic mass is 16.1. The topological polar surface area (TPSA) is 31.3 Å². The Morgan fingerprint density at radius 2 is 0.712 bits per heavy atom. The molecule has 0 N–H and O–H groups in total. The van der Waals surface area contributed by atoms with E-state index >= 15 is 0 Å². The number of hydrogen-bond donors (Lipinski definition) is 0. The molecule has 9 aromatic carbocycles. The normalized spacial score (nSPS) is 12.1.